The number of hydrogen-bond acceptors (Lipinski definition) is 3. The van der Waals surface area contributed by atoms with E-state index in [9.17, 15) is 9.90 Å². The van der Waals surface area contributed by atoms with Crippen LogP contribution in [0.5, 0.6) is 0 Å². The Morgan fingerprint density at radius 1 is 1.42 bits per heavy atom. The molecule has 4 nitrogen and oxygen atoms in total. The smallest absolute Gasteiger partial charge is 0.234 e. The monoisotopic (exact) mass is 270 g/mol. The van der Waals surface area contributed by atoms with Crippen molar-refractivity contribution in [2.24, 2.45) is 5.92 Å². The normalized spacial score (nSPS) is 23.3. The van der Waals surface area contributed by atoms with Crippen molar-refractivity contribution < 1.29 is 9.90 Å². The molecule has 0 aromatic carbocycles. The zero-order chi connectivity index (χ0) is 14.3. The fourth-order valence-electron chi connectivity index (χ4n) is 2.70. The molecule has 1 fully saturated rings. The molecule has 0 radical (unpaired) electrons. The van der Waals surface area contributed by atoms with Gasteiger partial charge in [-0.2, -0.15) is 0 Å². The van der Waals surface area contributed by atoms with E-state index in [-0.39, 0.29) is 18.1 Å². The van der Waals surface area contributed by atoms with E-state index in [0.29, 0.717) is 12.5 Å². The van der Waals surface area contributed by atoms with Gasteiger partial charge in [0.15, 0.2) is 0 Å². The van der Waals surface area contributed by atoms with Crippen molar-refractivity contribution in [2.75, 3.05) is 19.6 Å². The highest BCUT2D eigenvalue weighted by Gasteiger charge is 2.27. The zero-order valence-corrected chi connectivity index (χ0v) is 12.7. The molecule has 1 amide bonds. The predicted octanol–water partition coefficient (Wildman–Crippen LogP) is 1.77. The molecule has 0 aliphatic carbocycles. The van der Waals surface area contributed by atoms with Crippen LogP contribution in [0, 0.1) is 5.92 Å². The largest absolute Gasteiger partial charge is 0.393 e. The Morgan fingerprint density at radius 2 is 2.16 bits per heavy atom. The van der Waals surface area contributed by atoms with Gasteiger partial charge in [0, 0.05) is 12.6 Å². The molecule has 0 saturated carbocycles. The van der Waals surface area contributed by atoms with Crippen LogP contribution >= 0.6 is 0 Å². The second-order valence-corrected chi connectivity index (χ2v) is 5.99. The SMILES string of the molecule is CCCCCC(C)NC(=O)CN1CCC(C(C)O)C1. The molecule has 2 N–H and O–H groups in total. The number of likely N-dealkylation sites (tertiary alicyclic amines) is 1. The minimum atomic E-state index is -0.263. The van der Waals surface area contributed by atoms with Gasteiger partial charge in [0.25, 0.3) is 0 Å². The van der Waals surface area contributed by atoms with Crippen LogP contribution in [0.1, 0.15) is 52.9 Å². The summed E-state index contributed by atoms with van der Waals surface area (Å²) in [6.07, 6.45) is 5.44. The van der Waals surface area contributed by atoms with Crippen LogP contribution in [0.4, 0.5) is 0 Å². The third-order valence-electron chi connectivity index (χ3n) is 4.01. The minimum absolute atomic E-state index is 0.121. The van der Waals surface area contributed by atoms with Gasteiger partial charge >= 0.3 is 0 Å². The number of nitrogens with one attached hydrogen (secondary N) is 1. The highest BCUT2D eigenvalue weighted by Crippen LogP contribution is 2.19. The number of hydrogen-bond donors (Lipinski definition) is 2. The van der Waals surface area contributed by atoms with Crippen molar-refractivity contribution >= 4 is 5.91 Å². The Hall–Kier alpha value is -0.610. The highest BCUT2D eigenvalue weighted by molar-refractivity contribution is 5.78. The Balaban J connectivity index is 2.17. The first-order valence-electron chi connectivity index (χ1n) is 7.72. The van der Waals surface area contributed by atoms with Crippen LogP contribution in [0.15, 0.2) is 0 Å². The second-order valence-electron chi connectivity index (χ2n) is 5.99. The number of aliphatic hydroxyl groups excluding tert-OH is 1. The number of aliphatic hydroxyl groups is 1. The average molecular weight is 270 g/mol. The molecule has 0 bridgehead atoms. The Bertz CT molecular complexity index is 269. The van der Waals surface area contributed by atoms with E-state index in [1.807, 2.05) is 6.92 Å². The molecule has 19 heavy (non-hydrogen) atoms. The van der Waals surface area contributed by atoms with Gasteiger partial charge in [0.1, 0.15) is 0 Å². The van der Waals surface area contributed by atoms with Gasteiger partial charge in [-0.1, -0.05) is 26.2 Å². The third kappa shape index (κ3) is 6.39. The Morgan fingerprint density at radius 3 is 2.74 bits per heavy atom. The number of carbonyl (C=O) groups excluding carboxylic acids is 1. The van der Waals surface area contributed by atoms with Crippen LogP contribution in [-0.4, -0.2) is 47.7 Å². The molecule has 1 aliphatic heterocycles. The average Bonchev–Trinajstić information content (AvgIpc) is 2.77. The van der Waals surface area contributed by atoms with E-state index < -0.39 is 0 Å². The summed E-state index contributed by atoms with van der Waals surface area (Å²) in [5.41, 5.74) is 0. The number of unbranched alkanes of at least 4 members (excludes halogenated alkanes) is 2. The van der Waals surface area contributed by atoms with E-state index >= 15 is 0 Å². The summed E-state index contributed by atoms with van der Waals surface area (Å²) in [7, 11) is 0. The number of nitrogens with zero attached hydrogens (tertiary/aromatic N) is 1. The fourth-order valence-corrected chi connectivity index (χ4v) is 2.70. The first-order chi connectivity index (χ1) is 9.02. The highest BCUT2D eigenvalue weighted by atomic mass is 16.3. The van der Waals surface area contributed by atoms with Crippen molar-refractivity contribution in [3.63, 3.8) is 0 Å². The molecule has 4 heteroatoms. The molecule has 3 unspecified atom stereocenters. The lowest BCUT2D eigenvalue weighted by Crippen LogP contribution is -2.40. The van der Waals surface area contributed by atoms with Gasteiger partial charge in [-0.15, -0.1) is 0 Å². The van der Waals surface area contributed by atoms with Gasteiger partial charge < -0.3 is 10.4 Å². The van der Waals surface area contributed by atoms with Crippen molar-refractivity contribution in [1.82, 2.24) is 10.2 Å². The molecule has 1 rings (SSSR count). The van der Waals surface area contributed by atoms with Gasteiger partial charge in [0.2, 0.25) is 5.91 Å². The van der Waals surface area contributed by atoms with E-state index in [1.165, 1.54) is 19.3 Å². The summed E-state index contributed by atoms with van der Waals surface area (Å²) in [5.74, 6) is 0.449. The summed E-state index contributed by atoms with van der Waals surface area (Å²) in [6.45, 7) is 8.35. The van der Waals surface area contributed by atoms with Crippen molar-refractivity contribution in [3.05, 3.63) is 0 Å². The summed E-state index contributed by atoms with van der Waals surface area (Å²) in [4.78, 5) is 14.0. The Kier molecular flexibility index (Phi) is 7.39. The molecular weight excluding hydrogens is 240 g/mol. The van der Waals surface area contributed by atoms with Crippen molar-refractivity contribution in [1.29, 1.82) is 0 Å². The van der Waals surface area contributed by atoms with Crippen molar-refractivity contribution in [3.8, 4) is 0 Å². The lowest BCUT2D eigenvalue weighted by atomic mass is 10.0. The van der Waals surface area contributed by atoms with Crippen LogP contribution in [-0.2, 0) is 4.79 Å². The van der Waals surface area contributed by atoms with E-state index in [4.69, 9.17) is 0 Å². The summed E-state index contributed by atoms with van der Waals surface area (Å²) >= 11 is 0. The molecule has 0 aromatic heterocycles. The van der Waals surface area contributed by atoms with Crippen molar-refractivity contribution in [2.45, 2.75) is 65.0 Å². The summed E-state index contributed by atoms with van der Waals surface area (Å²) < 4.78 is 0. The molecule has 0 aromatic rings. The molecule has 0 spiro atoms. The van der Waals surface area contributed by atoms with Crippen LogP contribution in [0.3, 0.4) is 0 Å². The summed E-state index contributed by atoms with van der Waals surface area (Å²) in [6, 6.07) is 0.272. The standard InChI is InChI=1S/C15H30N2O2/c1-4-5-6-7-12(2)16-15(19)11-17-9-8-14(10-17)13(3)18/h12-14,18H,4-11H2,1-3H3,(H,16,19). The lowest BCUT2D eigenvalue weighted by molar-refractivity contribution is -0.122. The second kappa shape index (κ2) is 8.54. The number of carbonyl (C=O) groups is 1. The molecule has 3 atom stereocenters. The minimum Gasteiger partial charge on any atom is -0.393 e. The molecule has 112 valence electrons. The lowest BCUT2D eigenvalue weighted by Gasteiger charge is -2.19. The van der Waals surface area contributed by atoms with E-state index in [0.717, 1.165) is 25.9 Å². The topological polar surface area (TPSA) is 52.6 Å². The van der Waals surface area contributed by atoms with E-state index in [2.05, 4.69) is 24.1 Å². The van der Waals surface area contributed by atoms with Gasteiger partial charge in [-0.3, -0.25) is 9.69 Å². The zero-order valence-electron chi connectivity index (χ0n) is 12.7. The van der Waals surface area contributed by atoms with Gasteiger partial charge in [-0.05, 0) is 39.2 Å². The van der Waals surface area contributed by atoms with Crippen LogP contribution < -0.4 is 5.32 Å². The number of amides is 1. The Labute approximate surface area is 117 Å². The first-order valence-corrected chi connectivity index (χ1v) is 7.72. The molecule has 1 saturated heterocycles. The van der Waals surface area contributed by atoms with Crippen LogP contribution in [0.25, 0.3) is 0 Å². The third-order valence-corrected chi connectivity index (χ3v) is 4.01. The number of rotatable bonds is 8. The maximum Gasteiger partial charge on any atom is 0.234 e. The maximum absolute atomic E-state index is 11.9. The predicted molar refractivity (Wildman–Crippen MR) is 78.0 cm³/mol. The van der Waals surface area contributed by atoms with Crippen LogP contribution in [0.2, 0.25) is 0 Å². The maximum atomic E-state index is 11.9. The van der Waals surface area contributed by atoms with E-state index in [1.54, 1.807) is 0 Å². The fraction of sp³-hybridized carbons (Fsp3) is 0.933. The molecule has 1 heterocycles. The molecule has 1 aliphatic rings. The quantitative estimate of drug-likeness (QED) is 0.661. The molecular formula is C15H30N2O2. The van der Waals surface area contributed by atoms with Gasteiger partial charge in [-0.25, -0.2) is 0 Å². The van der Waals surface area contributed by atoms with Gasteiger partial charge in [0.05, 0.1) is 12.6 Å². The summed E-state index contributed by atoms with van der Waals surface area (Å²) in [5, 5.41) is 12.6. The first kappa shape index (κ1) is 16.4.